The number of carbonyl (C=O) groups is 1. The summed E-state index contributed by atoms with van der Waals surface area (Å²) in [5.41, 5.74) is 8.90. The summed E-state index contributed by atoms with van der Waals surface area (Å²) in [5, 5.41) is 7.19. The zero-order valence-electron chi connectivity index (χ0n) is 6.08. The van der Waals surface area contributed by atoms with E-state index in [4.69, 9.17) is 25.4 Å². The monoisotopic (exact) mass is 202 g/mol. The van der Waals surface area contributed by atoms with Gasteiger partial charge in [-0.05, 0) is 0 Å². The number of carboxylic acid groups (broad SMARTS) is 1. The molecule has 0 aliphatic carbocycles. The Morgan fingerprint density at radius 3 is 1.92 bits per heavy atom. The Morgan fingerprint density at radius 1 is 1.50 bits per heavy atom. The van der Waals surface area contributed by atoms with Crippen molar-refractivity contribution in [3.8, 4) is 0 Å². The lowest BCUT2D eigenvalue weighted by molar-refractivity contribution is 0.201. The molecule has 0 aromatic heterocycles. The molecule has 7 N–H and O–H groups in total. The van der Waals surface area contributed by atoms with Crippen molar-refractivity contribution < 1.29 is 28.8 Å². The second-order valence-electron chi connectivity index (χ2n) is 1.45. The Bertz CT molecular complexity index is 162. The van der Waals surface area contributed by atoms with Crippen LogP contribution in [-0.2, 0) is 9.09 Å². The highest BCUT2D eigenvalue weighted by molar-refractivity contribution is 7.46. The van der Waals surface area contributed by atoms with Crippen molar-refractivity contribution in [2.75, 3.05) is 13.2 Å². The molecule has 0 bridgehead atoms. The van der Waals surface area contributed by atoms with E-state index < -0.39 is 13.9 Å². The Hall–Kier alpha value is -0.660. The lowest BCUT2D eigenvalue weighted by Gasteiger charge is -2.00. The maximum atomic E-state index is 9.81. The molecule has 1 amide bonds. The molecule has 8 nitrogen and oxygen atoms in total. The van der Waals surface area contributed by atoms with E-state index in [-0.39, 0.29) is 13.2 Å². The van der Waals surface area contributed by atoms with Crippen LogP contribution in [0.5, 0.6) is 0 Å². The molecule has 0 aliphatic heterocycles. The number of primary amides is 1. The minimum Gasteiger partial charge on any atom is -0.465 e. The normalized spacial score (nSPS) is 9.92. The molecule has 0 aromatic carbocycles. The quantitative estimate of drug-likeness (QED) is 0.355. The second-order valence-corrected chi connectivity index (χ2v) is 2.69. The molecule has 0 radical (unpaired) electrons. The Morgan fingerprint density at radius 2 is 1.83 bits per heavy atom. The first kappa shape index (κ1) is 13.9. The van der Waals surface area contributed by atoms with Crippen LogP contribution in [0, 0.1) is 0 Å². The summed E-state index contributed by atoms with van der Waals surface area (Å²) in [4.78, 5) is 24.7. The predicted octanol–water partition coefficient (Wildman–Crippen LogP) is -1.32. The van der Waals surface area contributed by atoms with Gasteiger partial charge in [-0.1, -0.05) is 0 Å². The van der Waals surface area contributed by atoms with E-state index in [2.05, 4.69) is 10.3 Å². The fourth-order valence-corrected chi connectivity index (χ4v) is 0.515. The van der Waals surface area contributed by atoms with E-state index in [0.717, 1.165) is 0 Å². The molecule has 0 atom stereocenters. The first-order chi connectivity index (χ1) is 5.29. The van der Waals surface area contributed by atoms with Gasteiger partial charge in [0.25, 0.3) is 0 Å². The van der Waals surface area contributed by atoms with Crippen LogP contribution in [0.15, 0.2) is 0 Å². The third-order valence-electron chi connectivity index (χ3n) is 0.377. The van der Waals surface area contributed by atoms with Crippen molar-refractivity contribution in [2.45, 2.75) is 0 Å². The Balaban J connectivity index is 0. The zero-order chi connectivity index (χ0) is 10.2. The second kappa shape index (κ2) is 7.01. The molecule has 0 aromatic rings. The minimum atomic E-state index is -4.26. The molecule has 0 heterocycles. The van der Waals surface area contributed by atoms with Gasteiger partial charge in [-0.2, -0.15) is 0 Å². The van der Waals surface area contributed by atoms with Gasteiger partial charge >= 0.3 is 13.9 Å². The number of phosphoric ester groups is 1. The number of hydrogen-bond acceptors (Lipinski definition) is 4. The highest BCUT2D eigenvalue weighted by Gasteiger charge is 2.11. The van der Waals surface area contributed by atoms with Gasteiger partial charge in [0.15, 0.2) is 0 Å². The van der Waals surface area contributed by atoms with E-state index >= 15 is 0 Å². The summed E-state index contributed by atoms with van der Waals surface area (Å²) in [6, 6.07) is 0. The number of nitrogens with two attached hydrogens (primary N) is 2. The largest absolute Gasteiger partial charge is 0.469 e. The van der Waals surface area contributed by atoms with Crippen molar-refractivity contribution in [2.24, 2.45) is 11.5 Å². The number of amides is 1. The fraction of sp³-hybridized carbons (Fsp3) is 0.667. The molecule has 12 heavy (non-hydrogen) atoms. The van der Waals surface area contributed by atoms with Crippen LogP contribution in [-0.4, -0.2) is 34.1 Å². The van der Waals surface area contributed by atoms with Crippen LogP contribution in [0.2, 0.25) is 0 Å². The van der Waals surface area contributed by atoms with Gasteiger partial charge in [0.05, 0.1) is 6.61 Å². The van der Waals surface area contributed by atoms with E-state index in [1.165, 1.54) is 0 Å². The molecule has 0 unspecified atom stereocenters. The van der Waals surface area contributed by atoms with E-state index in [9.17, 15) is 4.57 Å². The summed E-state index contributed by atoms with van der Waals surface area (Å²) < 4.78 is 13.7. The molecule has 0 rings (SSSR count). The topological polar surface area (TPSA) is 156 Å². The maximum absolute atomic E-state index is 9.81. The molecular formula is C3H11N2O6P. The third-order valence-corrected chi connectivity index (χ3v) is 0.896. The smallest absolute Gasteiger partial charge is 0.465 e. The van der Waals surface area contributed by atoms with Gasteiger partial charge in [-0.15, -0.1) is 0 Å². The van der Waals surface area contributed by atoms with Gasteiger partial charge in [-0.3, -0.25) is 4.52 Å². The van der Waals surface area contributed by atoms with Crippen LogP contribution >= 0.6 is 7.82 Å². The van der Waals surface area contributed by atoms with E-state index in [1.54, 1.807) is 0 Å². The van der Waals surface area contributed by atoms with Gasteiger partial charge in [0.2, 0.25) is 0 Å². The fourth-order valence-electron chi connectivity index (χ4n) is 0.172. The number of hydrogen-bond donors (Lipinski definition) is 5. The lowest BCUT2D eigenvalue weighted by atomic mass is 10.8. The summed E-state index contributed by atoms with van der Waals surface area (Å²) in [7, 11) is -4.26. The highest BCUT2D eigenvalue weighted by Crippen LogP contribution is 2.34. The van der Waals surface area contributed by atoms with Crippen LogP contribution in [0.1, 0.15) is 0 Å². The van der Waals surface area contributed by atoms with Gasteiger partial charge < -0.3 is 26.4 Å². The highest BCUT2D eigenvalue weighted by atomic mass is 31.2. The molecule has 0 saturated heterocycles. The van der Waals surface area contributed by atoms with E-state index in [0.29, 0.717) is 0 Å². The number of phosphoric acid groups is 1. The van der Waals surface area contributed by atoms with Crippen molar-refractivity contribution in [3.63, 3.8) is 0 Å². The third kappa shape index (κ3) is 34.5. The predicted molar refractivity (Wildman–Crippen MR) is 39.3 cm³/mol. The minimum absolute atomic E-state index is 0.107. The Labute approximate surface area is 68.4 Å². The van der Waals surface area contributed by atoms with Crippen molar-refractivity contribution in [1.82, 2.24) is 0 Å². The summed E-state index contributed by atoms with van der Waals surface area (Å²) in [6.45, 7) is 0.00931. The zero-order valence-corrected chi connectivity index (χ0v) is 6.98. The standard InChI is InChI=1S/C2H8NO4P.CH3NO2/c3-1-2-7-8(4,5)6;2-1(3)4/h1-3H2,(H2,4,5,6);2H2,(H,3,4). The molecule has 0 spiro atoms. The van der Waals surface area contributed by atoms with Crippen molar-refractivity contribution >= 4 is 13.9 Å². The van der Waals surface area contributed by atoms with Crippen molar-refractivity contribution in [1.29, 1.82) is 0 Å². The van der Waals surface area contributed by atoms with Crippen LogP contribution in [0.4, 0.5) is 4.79 Å². The molecule has 0 aliphatic rings. The van der Waals surface area contributed by atoms with E-state index in [1.807, 2.05) is 0 Å². The van der Waals surface area contributed by atoms with Crippen LogP contribution in [0.25, 0.3) is 0 Å². The van der Waals surface area contributed by atoms with Crippen LogP contribution in [0.3, 0.4) is 0 Å². The molecule has 9 heteroatoms. The van der Waals surface area contributed by atoms with Crippen molar-refractivity contribution in [3.05, 3.63) is 0 Å². The summed E-state index contributed by atoms with van der Waals surface area (Å²) in [5.74, 6) is 0. The molecule has 0 saturated carbocycles. The van der Waals surface area contributed by atoms with Gasteiger partial charge in [0, 0.05) is 6.54 Å². The van der Waals surface area contributed by atoms with Gasteiger partial charge in [0.1, 0.15) is 0 Å². The summed E-state index contributed by atoms with van der Waals surface area (Å²) >= 11 is 0. The molecular weight excluding hydrogens is 191 g/mol. The van der Waals surface area contributed by atoms with Gasteiger partial charge in [-0.25, -0.2) is 9.36 Å². The number of rotatable bonds is 3. The lowest BCUT2D eigenvalue weighted by Crippen LogP contribution is -2.06. The molecule has 0 fully saturated rings. The summed E-state index contributed by atoms with van der Waals surface area (Å²) in [6.07, 6.45) is -1.33. The van der Waals surface area contributed by atoms with Crippen LogP contribution < -0.4 is 11.5 Å². The Kier molecular flexibility index (Phi) is 8.12. The average Bonchev–Trinajstić information content (AvgIpc) is 1.80. The average molecular weight is 202 g/mol. The molecule has 74 valence electrons. The SMILES string of the molecule is NC(=O)O.NCCOP(=O)(O)O. The first-order valence-electron chi connectivity index (χ1n) is 2.68. The first-order valence-corrected chi connectivity index (χ1v) is 4.21. The maximum Gasteiger partial charge on any atom is 0.469 e.